The molecule has 0 bridgehead atoms. The van der Waals surface area contributed by atoms with Gasteiger partial charge in [0, 0.05) is 38.2 Å². The summed E-state index contributed by atoms with van der Waals surface area (Å²) in [6.07, 6.45) is 6.92. The zero-order valence-corrected chi connectivity index (χ0v) is 16.3. The highest BCUT2D eigenvalue weighted by atomic mass is 15.3. The second kappa shape index (κ2) is 8.34. The summed E-state index contributed by atoms with van der Waals surface area (Å²) < 4.78 is 1.98. The first-order valence-corrected chi connectivity index (χ1v) is 9.55. The molecule has 0 radical (unpaired) electrons. The topological polar surface area (TPSA) is 58.3 Å². The Kier molecular flexibility index (Phi) is 5.91. The summed E-state index contributed by atoms with van der Waals surface area (Å²) in [5, 5.41) is 3.45. The van der Waals surface area contributed by atoms with Crippen molar-refractivity contribution in [3.63, 3.8) is 0 Å². The second-order valence-corrected chi connectivity index (χ2v) is 7.39. The first-order valence-electron chi connectivity index (χ1n) is 9.55. The molecule has 2 atom stereocenters. The van der Waals surface area contributed by atoms with Gasteiger partial charge in [-0.3, -0.25) is 4.57 Å². The molecule has 2 aromatic rings. The van der Waals surface area contributed by atoms with E-state index in [0.717, 1.165) is 42.8 Å². The molecule has 2 aromatic heterocycles. The molecule has 1 N–H and O–H groups in total. The van der Waals surface area contributed by atoms with Crippen molar-refractivity contribution >= 4 is 5.96 Å². The highest BCUT2D eigenvalue weighted by Gasteiger charge is 2.23. The standard InChI is InChI=1S/C20H30N6/c1-5-21-20(25-13-15(2)10-16(3)14-25)24-12-18-6-7-19(23-11-18)26-9-8-22-17(26)4/h6-9,11,15-16H,5,10,12-14H2,1-4H3,(H,21,24). The van der Waals surface area contributed by atoms with E-state index in [2.05, 4.69) is 47.0 Å². The Balaban J connectivity index is 1.70. The number of pyridine rings is 1. The molecule has 3 rings (SSSR count). The van der Waals surface area contributed by atoms with Gasteiger partial charge in [-0.25, -0.2) is 15.0 Å². The Hall–Kier alpha value is -2.37. The zero-order chi connectivity index (χ0) is 18.5. The van der Waals surface area contributed by atoms with Crippen molar-refractivity contribution < 1.29 is 0 Å². The summed E-state index contributed by atoms with van der Waals surface area (Å²) in [5.74, 6) is 4.26. The van der Waals surface area contributed by atoms with Gasteiger partial charge in [0.1, 0.15) is 11.6 Å². The average molecular weight is 355 g/mol. The van der Waals surface area contributed by atoms with Crippen molar-refractivity contribution in [1.82, 2.24) is 24.8 Å². The SMILES string of the molecule is CCNC(=NCc1ccc(-n2ccnc2C)nc1)N1CC(C)CC(C)C1. The lowest BCUT2D eigenvalue weighted by molar-refractivity contribution is 0.208. The summed E-state index contributed by atoms with van der Waals surface area (Å²) in [6, 6.07) is 4.12. The minimum absolute atomic E-state index is 0.637. The molecule has 0 saturated carbocycles. The molecule has 0 aromatic carbocycles. The van der Waals surface area contributed by atoms with E-state index < -0.39 is 0 Å². The lowest BCUT2D eigenvalue weighted by Gasteiger charge is -2.37. The molecule has 3 heterocycles. The number of aryl methyl sites for hydroxylation is 1. The quantitative estimate of drug-likeness (QED) is 0.677. The van der Waals surface area contributed by atoms with Crippen LogP contribution in [0, 0.1) is 18.8 Å². The van der Waals surface area contributed by atoms with E-state index in [1.54, 1.807) is 6.20 Å². The van der Waals surface area contributed by atoms with E-state index in [1.807, 2.05) is 30.0 Å². The van der Waals surface area contributed by atoms with Crippen molar-refractivity contribution in [2.75, 3.05) is 19.6 Å². The maximum absolute atomic E-state index is 4.86. The van der Waals surface area contributed by atoms with Crippen molar-refractivity contribution in [3.8, 4) is 5.82 Å². The molecule has 1 aliphatic heterocycles. The fraction of sp³-hybridized carbons (Fsp3) is 0.550. The highest BCUT2D eigenvalue weighted by Crippen LogP contribution is 2.21. The Morgan fingerprint density at radius 3 is 2.58 bits per heavy atom. The molecule has 1 fully saturated rings. The Labute approximate surface area is 156 Å². The normalized spacial score (nSPS) is 21.1. The first kappa shape index (κ1) is 18.4. The largest absolute Gasteiger partial charge is 0.357 e. The van der Waals surface area contributed by atoms with Crippen molar-refractivity contribution in [2.24, 2.45) is 16.8 Å². The number of likely N-dealkylation sites (tertiary alicyclic amines) is 1. The molecule has 6 heteroatoms. The van der Waals surface area contributed by atoms with Gasteiger partial charge in [-0.1, -0.05) is 19.9 Å². The number of rotatable bonds is 4. The third-order valence-electron chi connectivity index (χ3n) is 4.80. The summed E-state index contributed by atoms with van der Waals surface area (Å²) in [5.41, 5.74) is 1.11. The van der Waals surface area contributed by atoms with Crippen LogP contribution in [0.3, 0.4) is 0 Å². The minimum atomic E-state index is 0.637. The molecule has 1 aliphatic rings. The molecule has 1 saturated heterocycles. The Morgan fingerprint density at radius 2 is 2.00 bits per heavy atom. The number of aromatic nitrogens is 3. The number of aliphatic imine (C=N–C) groups is 1. The molecule has 0 aliphatic carbocycles. The maximum atomic E-state index is 4.86. The maximum Gasteiger partial charge on any atom is 0.194 e. The predicted octanol–water partition coefficient (Wildman–Crippen LogP) is 3.02. The first-order chi connectivity index (χ1) is 12.6. The van der Waals surface area contributed by atoms with E-state index in [4.69, 9.17) is 4.99 Å². The van der Waals surface area contributed by atoms with Gasteiger partial charge in [0.05, 0.1) is 6.54 Å². The van der Waals surface area contributed by atoms with E-state index >= 15 is 0 Å². The molecule has 0 amide bonds. The van der Waals surface area contributed by atoms with Crippen LogP contribution in [0.2, 0.25) is 0 Å². The fourth-order valence-corrected chi connectivity index (χ4v) is 3.70. The van der Waals surface area contributed by atoms with Gasteiger partial charge < -0.3 is 10.2 Å². The van der Waals surface area contributed by atoms with Gasteiger partial charge in [-0.05, 0) is 43.7 Å². The number of guanidine groups is 1. The molecule has 2 unspecified atom stereocenters. The van der Waals surface area contributed by atoms with Gasteiger partial charge in [-0.15, -0.1) is 0 Å². The third kappa shape index (κ3) is 4.42. The van der Waals surface area contributed by atoms with Crippen molar-refractivity contribution in [2.45, 2.75) is 40.7 Å². The molecule has 6 nitrogen and oxygen atoms in total. The second-order valence-electron chi connectivity index (χ2n) is 7.39. The number of nitrogens with zero attached hydrogens (tertiary/aromatic N) is 5. The van der Waals surface area contributed by atoms with E-state index in [9.17, 15) is 0 Å². The minimum Gasteiger partial charge on any atom is -0.357 e. The monoisotopic (exact) mass is 354 g/mol. The van der Waals surface area contributed by atoms with E-state index in [-0.39, 0.29) is 0 Å². The summed E-state index contributed by atoms with van der Waals surface area (Å²) >= 11 is 0. The predicted molar refractivity (Wildman–Crippen MR) is 105 cm³/mol. The molecular weight excluding hydrogens is 324 g/mol. The number of nitrogens with one attached hydrogen (secondary N) is 1. The van der Waals surface area contributed by atoms with Gasteiger partial charge in [0.15, 0.2) is 5.96 Å². The zero-order valence-electron chi connectivity index (χ0n) is 16.3. The third-order valence-corrected chi connectivity index (χ3v) is 4.80. The van der Waals surface area contributed by atoms with Crippen LogP contribution in [0.1, 0.15) is 38.6 Å². The highest BCUT2D eigenvalue weighted by molar-refractivity contribution is 5.80. The van der Waals surface area contributed by atoms with Crippen LogP contribution in [0.4, 0.5) is 0 Å². The van der Waals surface area contributed by atoms with E-state index in [0.29, 0.717) is 18.4 Å². The number of hydrogen-bond acceptors (Lipinski definition) is 3. The number of piperidine rings is 1. The molecule has 26 heavy (non-hydrogen) atoms. The average Bonchev–Trinajstić information content (AvgIpc) is 3.04. The van der Waals surface area contributed by atoms with Crippen LogP contribution >= 0.6 is 0 Å². The fourth-order valence-electron chi connectivity index (χ4n) is 3.70. The van der Waals surface area contributed by atoms with Crippen LogP contribution in [0.5, 0.6) is 0 Å². The summed E-state index contributed by atoms with van der Waals surface area (Å²) in [4.78, 5) is 16.1. The van der Waals surface area contributed by atoms with Crippen LogP contribution < -0.4 is 5.32 Å². The van der Waals surface area contributed by atoms with Gasteiger partial charge in [0.2, 0.25) is 0 Å². The van der Waals surface area contributed by atoms with Crippen LogP contribution in [-0.2, 0) is 6.54 Å². The van der Waals surface area contributed by atoms with Gasteiger partial charge in [-0.2, -0.15) is 0 Å². The van der Waals surface area contributed by atoms with Crippen LogP contribution in [0.25, 0.3) is 5.82 Å². The van der Waals surface area contributed by atoms with Crippen LogP contribution in [-0.4, -0.2) is 45.0 Å². The van der Waals surface area contributed by atoms with Crippen molar-refractivity contribution in [3.05, 3.63) is 42.1 Å². The molecule has 140 valence electrons. The summed E-state index contributed by atoms with van der Waals surface area (Å²) in [7, 11) is 0. The smallest absolute Gasteiger partial charge is 0.194 e. The number of hydrogen-bond donors (Lipinski definition) is 1. The van der Waals surface area contributed by atoms with Crippen molar-refractivity contribution in [1.29, 1.82) is 0 Å². The lowest BCUT2D eigenvalue weighted by atomic mass is 9.92. The lowest BCUT2D eigenvalue weighted by Crippen LogP contribution is -2.48. The Morgan fingerprint density at radius 1 is 1.23 bits per heavy atom. The number of imidazole rings is 1. The summed E-state index contributed by atoms with van der Waals surface area (Å²) in [6.45, 7) is 12.4. The van der Waals surface area contributed by atoms with Gasteiger partial charge >= 0.3 is 0 Å². The van der Waals surface area contributed by atoms with Gasteiger partial charge in [0.25, 0.3) is 0 Å². The van der Waals surface area contributed by atoms with Crippen LogP contribution in [0.15, 0.2) is 35.7 Å². The van der Waals surface area contributed by atoms with E-state index in [1.165, 1.54) is 6.42 Å². The molecule has 0 spiro atoms. The molecular formula is C20H30N6. The Bertz CT molecular complexity index is 723.